The van der Waals surface area contributed by atoms with E-state index in [0.29, 0.717) is 5.75 Å². The maximum Gasteiger partial charge on any atom is 0.260 e. The molecule has 1 aromatic rings. The van der Waals surface area contributed by atoms with Crippen molar-refractivity contribution in [2.45, 2.75) is 19.4 Å². The smallest absolute Gasteiger partial charge is 0.260 e. The molecule has 0 aliphatic carbocycles. The molecule has 1 aliphatic heterocycles. The van der Waals surface area contributed by atoms with Crippen molar-refractivity contribution in [1.82, 2.24) is 9.80 Å². The molecule has 22 heavy (non-hydrogen) atoms. The van der Waals surface area contributed by atoms with Crippen LogP contribution in [0.1, 0.15) is 13.8 Å². The number of ether oxygens (including phenoxy) is 1. The Kier molecular flexibility index (Phi) is 5.83. The van der Waals surface area contributed by atoms with E-state index in [1.807, 2.05) is 43.0 Å². The van der Waals surface area contributed by atoms with Gasteiger partial charge in [-0.25, -0.2) is 0 Å². The molecule has 1 fully saturated rings. The fourth-order valence-electron chi connectivity index (χ4n) is 2.50. The maximum atomic E-state index is 12.2. The van der Waals surface area contributed by atoms with E-state index in [4.69, 9.17) is 10.5 Å². The minimum absolute atomic E-state index is 0.0366. The lowest BCUT2D eigenvalue weighted by atomic mass is 10.1. The molecule has 1 amide bonds. The molecule has 2 N–H and O–H groups in total. The summed E-state index contributed by atoms with van der Waals surface area (Å²) in [5, 5.41) is 0. The van der Waals surface area contributed by atoms with Crippen LogP contribution in [-0.2, 0) is 4.79 Å². The second-order valence-corrected chi connectivity index (χ2v) is 7.30. The Morgan fingerprint density at radius 2 is 1.82 bits per heavy atom. The molecule has 1 aromatic carbocycles. The number of carbonyl (C=O) groups excluding carboxylic acids is 1. The molecule has 6 heteroatoms. The lowest BCUT2D eigenvalue weighted by Gasteiger charge is -2.37. The molecule has 0 unspecified atom stereocenters. The van der Waals surface area contributed by atoms with Crippen molar-refractivity contribution >= 4 is 21.8 Å². The zero-order chi connectivity index (χ0) is 16.2. The van der Waals surface area contributed by atoms with Crippen LogP contribution in [0.25, 0.3) is 0 Å². The third-order valence-electron chi connectivity index (χ3n) is 3.53. The summed E-state index contributed by atoms with van der Waals surface area (Å²) in [6.07, 6.45) is 0. The predicted octanol–water partition coefficient (Wildman–Crippen LogP) is 1.71. The van der Waals surface area contributed by atoms with E-state index in [2.05, 4.69) is 20.8 Å². The number of piperazine rings is 1. The highest BCUT2D eigenvalue weighted by Crippen LogP contribution is 2.16. The normalized spacial score (nSPS) is 16.6. The molecule has 1 aliphatic rings. The largest absolute Gasteiger partial charge is 0.484 e. The van der Waals surface area contributed by atoms with E-state index in [0.717, 1.165) is 37.2 Å². The SMILES string of the molecule is CC(C)(N)CN1CCN(C(=O)COc2ccc(Br)cc2)CC1. The molecule has 0 atom stereocenters. The van der Waals surface area contributed by atoms with E-state index in [1.165, 1.54) is 0 Å². The lowest BCUT2D eigenvalue weighted by molar-refractivity contribution is -0.135. The van der Waals surface area contributed by atoms with Crippen LogP contribution < -0.4 is 10.5 Å². The van der Waals surface area contributed by atoms with Crippen molar-refractivity contribution in [3.63, 3.8) is 0 Å². The van der Waals surface area contributed by atoms with Crippen LogP contribution in [0.15, 0.2) is 28.7 Å². The fourth-order valence-corrected chi connectivity index (χ4v) is 2.76. The number of nitrogens with two attached hydrogens (primary N) is 1. The van der Waals surface area contributed by atoms with Gasteiger partial charge in [-0.15, -0.1) is 0 Å². The second-order valence-electron chi connectivity index (χ2n) is 6.39. The summed E-state index contributed by atoms with van der Waals surface area (Å²) in [6, 6.07) is 7.48. The molecule has 0 radical (unpaired) electrons. The van der Waals surface area contributed by atoms with Crippen molar-refractivity contribution in [3.05, 3.63) is 28.7 Å². The minimum Gasteiger partial charge on any atom is -0.484 e. The van der Waals surface area contributed by atoms with E-state index in [-0.39, 0.29) is 18.1 Å². The van der Waals surface area contributed by atoms with Crippen LogP contribution in [0.5, 0.6) is 5.75 Å². The zero-order valence-corrected chi connectivity index (χ0v) is 14.8. The number of hydrogen-bond donors (Lipinski definition) is 1. The number of benzene rings is 1. The van der Waals surface area contributed by atoms with Gasteiger partial charge in [0.05, 0.1) is 0 Å². The molecule has 1 heterocycles. The Bertz CT molecular complexity index is 491. The molecule has 1 saturated heterocycles. The van der Waals surface area contributed by atoms with E-state index in [1.54, 1.807) is 0 Å². The quantitative estimate of drug-likeness (QED) is 0.858. The molecule has 0 aromatic heterocycles. The van der Waals surface area contributed by atoms with Crippen molar-refractivity contribution in [2.75, 3.05) is 39.3 Å². The number of rotatable bonds is 5. The summed E-state index contributed by atoms with van der Waals surface area (Å²) in [5.74, 6) is 0.745. The first-order valence-corrected chi connectivity index (χ1v) is 8.30. The van der Waals surface area contributed by atoms with Crippen LogP contribution >= 0.6 is 15.9 Å². The summed E-state index contributed by atoms with van der Waals surface area (Å²) >= 11 is 3.37. The average molecular weight is 370 g/mol. The highest BCUT2D eigenvalue weighted by atomic mass is 79.9. The van der Waals surface area contributed by atoms with Crippen molar-refractivity contribution in [1.29, 1.82) is 0 Å². The van der Waals surface area contributed by atoms with Gasteiger partial charge >= 0.3 is 0 Å². The summed E-state index contributed by atoms with van der Waals surface area (Å²) in [6.45, 7) is 8.19. The predicted molar refractivity (Wildman–Crippen MR) is 90.9 cm³/mol. The number of amides is 1. The third-order valence-corrected chi connectivity index (χ3v) is 4.06. The Morgan fingerprint density at radius 1 is 1.23 bits per heavy atom. The van der Waals surface area contributed by atoms with E-state index >= 15 is 0 Å². The fraction of sp³-hybridized carbons (Fsp3) is 0.562. The van der Waals surface area contributed by atoms with Gasteiger partial charge in [-0.3, -0.25) is 9.69 Å². The van der Waals surface area contributed by atoms with E-state index < -0.39 is 0 Å². The number of hydrogen-bond acceptors (Lipinski definition) is 4. The van der Waals surface area contributed by atoms with Crippen LogP contribution in [0.4, 0.5) is 0 Å². The summed E-state index contributed by atoms with van der Waals surface area (Å²) < 4.78 is 6.53. The van der Waals surface area contributed by atoms with Gasteiger partial charge in [0.2, 0.25) is 0 Å². The molecule has 0 spiro atoms. The van der Waals surface area contributed by atoms with Crippen molar-refractivity contribution in [3.8, 4) is 5.75 Å². The van der Waals surface area contributed by atoms with Gasteiger partial charge in [0, 0.05) is 42.7 Å². The topological polar surface area (TPSA) is 58.8 Å². The number of carbonyl (C=O) groups is 1. The molecule has 0 bridgehead atoms. The van der Waals surface area contributed by atoms with E-state index in [9.17, 15) is 4.79 Å². The highest BCUT2D eigenvalue weighted by molar-refractivity contribution is 9.10. The molecule has 2 rings (SSSR count). The van der Waals surface area contributed by atoms with Gasteiger partial charge in [-0.1, -0.05) is 15.9 Å². The van der Waals surface area contributed by atoms with Crippen LogP contribution in [0, 0.1) is 0 Å². The number of halogens is 1. The molecular formula is C16H24BrN3O2. The summed E-state index contributed by atoms with van der Waals surface area (Å²) in [4.78, 5) is 16.3. The van der Waals surface area contributed by atoms with Gasteiger partial charge in [-0.2, -0.15) is 0 Å². The second kappa shape index (κ2) is 7.44. The summed E-state index contributed by atoms with van der Waals surface area (Å²) in [7, 11) is 0. The Hall–Kier alpha value is -1.11. The maximum absolute atomic E-state index is 12.2. The van der Waals surface area contributed by atoms with Crippen molar-refractivity contribution in [2.24, 2.45) is 5.73 Å². The Morgan fingerprint density at radius 3 is 2.36 bits per heavy atom. The first kappa shape index (κ1) is 17.2. The molecular weight excluding hydrogens is 346 g/mol. The Labute approximate surface area is 140 Å². The average Bonchev–Trinajstić information content (AvgIpc) is 2.45. The van der Waals surface area contributed by atoms with Crippen LogP contribution in [-0.4, -0.2) is 60.6 Å². The molecule has 122 valence electrons. The zero-order valence-electron chi connectivity index (χ0n) is 13.2. The first-order valence-electron chi connectivity index (χ1n) is 7.51. The number of nitrogens with zero attached hydrogens (tertiary/aromatic N) is 2. The lowest BCUT2D eigenvalue weighted by Crippen LogP contribution is -2.54. The van der Waals surface area contributed by atoms with Crippen LogP contribution in [0.2, 0.25) is 0 Å². The van der Waals surface area contributed by atoms with Gasteiger partial charge in [-0.05, 0) is 38.1 Å². The van der Waals surface area contributed by atoms with Crippen LogP contribution in [0.3, 0.4) is 0 Å². The van der Waals surface area contributed by atoms with Crippen molar-refractivity contribution < 1.29 is 9.53 Å². The van der Waals surface area contributed by atoms with Gasteiger partial charge < -0.3 is 15.4 Å². The molecule has 0 saturated carbocycles. The van der Waals surface area contributed by atoms with Gasteiger partial charge in [0.25, 0.3) is 5.91 Å². The Balaban J connectivity index is 1.74. The third kappa shape index (κ3) is 5.59. The highest BCUT2D eigenvalue weighted by Gasteiger charge is 2.24. The minimum atomic E-state index is -0.198. The standard InChI is InChI=1S/C16H24BrN3O2/c1-16(2,18)12-19-7-9-20(10-8-19)15(21)11-22-14-5-3-13(17)4-6-14/h3-6H,7-12,18H2,1-2H3. The summed E-state index contributed by atoms with van der Waals surface area (Å²) in [5.41, 5.74) is 5.84. The van der Waals surface area contributed by atoms with Gasteiger partial charge in [0.1, 0.15) is 5.75 Å². The molecule has 5 nitrogen and oxygen atoms in total. The van der Waals surface area contributed by atoms with Gasteiger partial charge in [0.15, 0.2) is 6.61 Å². The monoisotopic (exact) mass is 369 g/mol. The first-order chi connectivity index (χ1) is 10.3.